The molecule has 0 spiro atoms. The summed E-state index contributed by atoms with van der Waals surface area (Å²) in [6.07, 6.45) is 0. The molecule has 1 N–H and O–H groups in total. The van der Waals surface area contributed by atoms with E-state index in [1.165, 1.54) is 0 Å². The maximum atomic E-state index is 15.7. The molecule has 1 aliphatic rings. The summed E-state index contributed by atoms with van der Waals surface area (Å²) >= 11 is 0. The van der Waals surface area contributed by atoms with Crippen LogP contribution in [0.2, 0.25) is 0 Å². The van der Waals surface area contributed by atoms with E-state index in [-0.39, 0.29) is 33.4 Å². The van der Waals surface area contributed by atoms with Gasteiger partial charge in [0.2, 0.25) is 0 Å². The number of rotatable bonds is 7. The van der Waals surface area contributed by atoms with E-state index in [0.29, 0.717) is 61.6 Å². The molecule has 4 heterocycles. The van der Waals surface area contributed by atoms with Crippen LogP contribution in [0.15, 0.2) is 203 Å². The summed E-state index contributed by atoms with van der Waals surface area (Å²) in [5.74, 6) is 2.16. The lowest BCUT2D eigenvalue weighted by molar-refractivity contribution is 0.147. The Morgan fingerprint density at radius 3 is 1.52 bits per heavy atom. The third kappa shape index (κ3) is 7.79. The first-order chi connectivity index (χ1) is 38.4. The molecular formula is C70H60N8O2. The van der Waals surface area contributed by atoms with Crippen molar-refractivity contribution >= 4 is 60.7 Å². The Morgan fingerprint density at radius 1 is 0.550 bits per heavy atom. The first-order valence-corrected chi connectivity index (χ1v) is 27.4. The van der Waals surface area contributed by atoms with Gasteiger partial charge < -0.3 is 13.9 Å². The van der Waals surface area contributed by atoms with Crippen LogP contribution < -0.4 is 10.9 Å². The maximum Gasteiger partial charge on any atom is 0.197 e. The monoisotopic (exact) mass is 1040 g/mol. The molecule has 0 saturated heterocycles. The fraction of sp³-hybridized carbons (Fsp3) is 0.186. The normalized spacial score (nSPS) is 15.7. The smallest absolute Gasteiger partial charge is 0.197 e. The van der Waals surface area contributed by atoms with E-state index >= 15 is 9.59 Å². The van der Waals surface area contributed by atoms with Crippen LogP contribution in [0.25, 0.3) is 88.8 Å². The largest absolute Gasteiger partial charge is 0.348 e. The molecule has 10 heteroatoms. The minimum absolute atomic E-state index is 0.112. The highest BCUT2D eigenvalue weighted by molar-refractivity contribution is 6.12. The second-order valence-electron chi connectivity index (χ2n) is 23.6. The molecule has 0 fully saturated rings. The zero-order valence-corrected chi connectivity index (χ0v) is 46.4. The molecule has 0 saturated carbocycles. The van der Waals surface area contributed by atoms with Crippen LogP contribution in [0.3, 0.4) is 0 Å². The average Bonchev–Trinajstić information content (AvgIpc) is 4.02. The van der Waals surface area contributed by atoms with E-state index in [2.05, 4.69) is 107 Å². The van der Waals surface area contributed by atoms with E-state index in [0.717, 1.165) is 66.6 Å². The van der Waals surface area contributed by atoms with Crippen molar-refractivity contribution < 1.29 is 0 Å². The number of nitrogens with one attached hydrogen (secondary N) is 1. The number of nitrogens with zero attached hydrogens (tertiary/aromatic N) is 7. The Hall–Kier alpha value is -9.41. The highest BCUT2D eigenvalue weighted by Gasteiger charge is 2.54. The van der Waals surface area contributed by atoms with Crippen molar-refractivity contribution in [3.05, 3.63) is 242 Å². The van der Waals surface area contributed by atoms with Crippen molar-refractivity contribution in [2.75, 3.05) is 7.05 Å². The van der Waals surface area contributed by atoms with Crippen molar-refractivity contribution in [1.82, 2.24) is 28.8 Å². The summed E-state index contributed by atoms with van der Waals surface area (Å²) < 4.78 is 4.41. The van der Waals surface area contributed by atoms with Crippen LogP contribution in [0, 0.1) is 5.41 Å². The predicted molar refractivity (Wildman–Crippen MR) is 327 cm³/mol. The van der Waals surface area contributed by atoms with Crippen molar-refractivity contribution in [1.29, 1.82) is 5.41 Å². The molecule has 10 nitrogen and oxygen atoms in total. The summed E-state index contributed by atoms with van der Waals surface area (Å²) in [5.41, 5.74) is 10.1. The number of aliphatic imine (C=N–C) groups is 1. The standard InChI is InChI=1S/C70H60N8O2/c1-41-57-49-31-22-32-50(66-74-64(43-25-16-11-17-26-43)73-65(75-66)44-27-18-12-19-28-44)58(49)77(62(57)70(41,8)76(9)67(45-29-20-13-21-30-45)72-63(71)42-23-14-10-15-24-42)48-39-53-59-54(40-48)61(80)52-38-47(69(5,6)7)34-36-56(52)78(59)55-35-33-46(68(2,3)4)37-51(55)60(53)79/h10-41,71H,1-9H3/t41-,70?/m1/s1. The van der Waals surface area contributed by atoms with Crippen LogP contribution in [-0.4, -0.2) is 47.5 Å². The molecule has 8 aromatic carbocycles. The molecule has 1 unspecified atom stereocenters. The summed E-state index contributed by atoms with van der Waals surface area (Å²) in [5, 5.41) is 12.4. The Balaban J connectivity index is 1.17. The van der Waals surface area contributed by atoms with Gasteiger partial charge in [-0.05, 0) is 76.9 Å². The number of amidine groups is 2. The number of hydrogen-bond donors (Lipinski definition) is 1. The SMILES string of the molecule is C[C@@H]1c2c(n(-c3cc4c(=O)c5cc(C(C)(C)C)ccc5n5c6ccc(C(C)(C)C)cc6c(=O)c(c3)c45)c3c(-c4nc(-c5ccccc5)nc(-c5ccccc5)n4)cccc23)C1(C)N(C)C(=NC(=N)c1ccccc1)c1ccccc1. The molecule has 0 radical (unpaired) electrons. The summed E-state index contributed by atoms with van der Waals surface area (Å²) in [4.78, 5) is 54.6. The maximum absolute atomic E-state index is 15.7. The highest BCUT2D eigenvalue weighted by atomic mass is 16.1. The molecular weight excluding hydrogens is 985 g/mol. The quantitative estimate of drug-likeness (QED) is 0.0734. The summed E-state index contributed by atoms with van der Waals surface area (Å²) in [6.45, 7) is 17.4. The second-order valence-corrected chi connectivity index (χ2v) is 23.6. The van der Waals surface area contributed by atoms with Gasteiger partial charge in [-0.15, -0.1) is 0 Å². The van der Waals surface area contributed by atoms with Crippen LogP contribution in [0.1, 0.15) is 94.8 Å². The molecule has 13 rings (SSSR count). The molecule has 0 amide bonds. The number of pyridine rings is 2. The summed E-state index contributed by atoms with van der Waals surface area (Å²) in [7, 11) is 2.06. The average molecular weight is 1050 g/mol. The van der Waals surface area contributed by atoms with Gasteiger partial charge in [-0.2, -0.15) is 0 Å². The topological polar surface area (TPSA) is 122 Å². The third-order valence-corrected chi connectivity index (χ3v) is 16.8. The van der Waals surface area contributed by atoms with Gasteiger partial charge >= 0.3 is 0 Å². The number of aromatic nitrogens is 5. The number of benzene rings is 8. The van der Waals surface area contributed by atoms with E-state index in [1.54, 1.807) is 0 Å². The van der Waals surface area contributed by atoms with Crippen molar-refractivity contribution in [3.63, 3.8) is 0 Å². The molecule has 12 aromatic rings. The van der Waals surface area contributed by atoms with Gasteiger partial charge in [0.25, 0.3) is 0 Å². The summed E-state index contributed by atoms with van der Waals surface area (Å²) in [6, 6.07) is 62.3. The van der Waals surface area contributed by atoms with Crippen molar-refractivity contribution in [2.45, 2.75) is 77.7 Å². The Labute approximate surface area is 464 Å². The highest BCUT2D eigenvalue weighted by Crippen LogP contribution is 2.59. The van der Waals surface area contributed by atoms with Crippen LogP contribution in [-0.2, 0) is 16.4 Å². The first kappa shape index (κ1) is 50.1. The lowest BCUT2D eigenvalue weighted by Gasteiger charge is -2.53. The van der Waals surface area contributed by atoms with Crippen LogP contribution >= 0.6 is 0 Å². The van der Waals surface area contributed by atoms with E-state index in [9.17, 15) is 5.41 Å². The molecule has 1 aliphatic carbocycles. The predicted octanol–water partition coefficient (Wildman–Crippen LogP) is 15.0. The molecule has 0 bridgehead atoms. The van der Waals surface area contributed by atoms with E-state index in [1.807, 2.05) is 158 Å². The Bertz CT molecular complexity index is 4470. The molecule has 2 atom stereocenters. The number of para-hydroxylation sites is 1. The molecule has 392 valence electrons. The fourth-order valence-corrected chi connectivity index (χ4v) is 12.2. The zero-order valence-electron chi connectivity index (χ0n) is 46.4. The van der Waals surface area contributed by atoms with Crippen LogP contribution in [0.5, 0.6) is 0 Å². The Morgan fingerprint density at radius 2 is 1.02 bits per heavy atom. The van der Waals surface area contributed by atoms with Gasteiger partial charge in [0, 0.05) is 73.4 Å². The minimum atomic E-state index is -0.809. The zero-order chi connectivity index (χ0) is 55.6. The van der Waals surface area contributed by atoms with Gasteiger partial charge in [-0.1, -0.05) is 194 Å². The molecule has 0 aliphatic heterocycles. The van der Waals surface area contributed by atoms with Gasteiger partial charge in [-0.25, -0.2) is 19.9 Å². The van der Waals surface area contributed by atoms with E-state index in [4.69, 9.17) is 19.9 Å². The lowest BCUT2D eigenvalue weighted by atomic mass is 9.65. The molecule has 80 heavy (non-hydrogen) atoms. The van der Waals surface area contributed by atoms with Crippen molar-refractivity contribution in [2.24, 2.45) is 4.99 Å². The number of fused-ring (bicyclic) bond motifs is 7. The van der Waals surface area contributed by atoms with Gasteiger partial charge in [0.05, 0.1) is 33.3 Å². The molecule has 4 aromatic heterocycles. The van der Waals surface area contributed by atoms with E-state index < -0.39 is 5.54 Å². The van der Waals surface area contributed by atoms with Gasteiger partial charge in [0.1, 0.15) is 5.84 Å². The Kier molecular flexibility index (Phi) is 11.5. The lowest BCUT2D eigenvalue weighted by Crippen LogP contribution is -2.55. The third-order valence-electron chi connectivity index (χ3n) is 16.8. The minimum Gasteiger partial charge on any atom is -0.348 e. The second kappa shape index (κ2) is 18.3. The van der Waals surface area contributed by atoms with Gasteiger partial charge in [-0.3, -0.25) is 15.0 Å². The van der Waals surface area contributed by atoms with Gasteiger partial charge in [0.15, 0.2) is 34.2 Å². The first-order valence-electron chi connectivity index (χ1n) is 27.4. The number of hydrogen-bond acceptors (Lipinski definition) is 6. The van der Waals surface area contributed by atoms with Crippen molar-refractivity contribution in [3.8, 4) is 39.9 Å². The number of likely N-dealkylation sites (N-methyl/N-ethyl adjacent to an activating group) is 1. The fourth-order valence-electron chi connectivity index (χ4n) is 12.2. The van der Waals surface area contributed by atoms with Crippen LogP contribution in [0.4, 0.5) is 0 Å².